The van der Waals surface area contributed by atoms with Gasteiger partial charge in [-0.2, -0.15) is 0 Å². The normalized spacial score (nSPS) is 12.7. The number of rotatable bonds is 20. The van der Waals surface area contributed by atoms with Gasteiger partial charge in [0.25, 0.3) is 0 Å². The van der Waals surface area contributed by atoms with Gasteiger partial charge in [0.05, 0.1) is 0 Å². The summed E-state index contributed by atoms with van der Waals surface area (Å²) in [6.45, 7) is 5.37. The van der Waals surface area contributed by atoms with Crippen molar-refractivity contribution in [1.82, 2.24) is 0 Å². The Bertz CT molecular complexity index is 272. The van der Waals surface area contributed by atoms with Gasteiger partial charge in [0, 0.05) is 0 Å². The van der Waals surface area contributed by atoms with Crippen LogP contribution in [-0.2, 0) is 0 Å². The number of hydrogen-bond donors (Lipinski definition) is 4. The summed E-state index contributed by atoms with van der Waals surface area (Å²) < 4.78 is 2.55. The SMILES string of the molecule is CCC[CH2][Sn]([S]CCO)([S]CCO)[S][Sn]([CH2]CCC)([S]CCO)[S]CCO. The van der Waals surface area contributed by atoms with Crippen molar-refractivity contribution >= 4 is 70.4 Å². The molecule has 0 aliphatic heterocycles. The van der Waals surface area contributed by atoms with E-state index >= 15 is 0 Å². The van der Waals surface area contributed by atoms with Crippen LogP contribution in [0, 0.1) is 0 Å². The molecule has 11 heteroatoms. The third-order valence-corrected chi connectivity index (χ3v) is 148. The van der Waals surface area contributed by atoms with Crippen molar-refractivity contribution in [2.45, 2.75) is 48.4 Å². The Labute approximate surface area is 186 Å². The van der Waals surface area contributed by atoms with Crippen LogP contribution in [0.25, 0.3) is 0 Å². The molecule has 0 spiro atoms. The molecule has 0 aromatic carbocycles. The Morgan fingerprint density at radius 2 is 0.852 bits per heavy atom. The van der Waals surface area contributed by atoms with Gasteiger partial charge in [-0.3, -0.25) is 0 Å². The Hall–Kier alpha value is 3.19. The molecule has 0 saturated carbocycles. The van der Waals surface area contributed by atoms with Crippen LogP contribution in [-0.4, -0.2) is 98.3 Å². The first-order valence-corrected chi connectivity index (χ1v) is 39.5. The Morgan fingerprint density at radius 3 is 1.07 bits per heavy atom. The number of unbranched alkanes of at least 4 members (excludes halogenated alkanes) is 2. The minimum absolute atomic E-state index is 0.223. The third kappa shape index (κ3) is 14.0. The molecule has 27 heavy (non-hydrogen) atoms. The number of aliphatic hydroxyl groups is 4. The molecule has 0 heterocycles. The van der Waals surface area contributed by atoms with Gasteiger partial charge in [0.1, 0.15) is 0 Å². The van der Waals surface area contributed by atoms with Crippen LogP contribution in [0.15, 0.2) is 0 Å². The predicted molar refractivity (Wildman–Crippen MR) is 137 cm³/mol. The van der Waals surface area contributed by atoms with Crippen LogP contribution in [0.3, 0.4) is 0 Å². The second kappa shape index (κ2) is 19.8. The Kier molecular flexibility index (Phi) is 22.2. The van der Waals surface area contributed by atoms with E-state index in [1.54, 1.807) is 0 Å². The Balaban J connectivity index is 5.66. The summed E-state index contributed by atoms with van der Waals surface area (Å²) in [6, 6.07) is 0. The second-order valence-corrected chi connectivity index (χ2v) is 81.4. The first kappa shape index (κ1) is 30.2. The minimum atomic E-state index is -2.74. The zero-order chi connectivity index (χ0) is 20.4. The molecular weight excluding hydrogens is 654 g/mol. The van der Waals surface area contributed by atoms with E-state index in [1.165, 1.54) is 34.6 Å². The van der Waals surface area contributed by atoms with Gasteiger partial charge >= 0.3 is 189 Å². The van der Waals surface area contributed by atoms with Crippen molar-refractivity contribution in [2.24, 2.45) is 0 Å². The molecule has 0 atom stereocenters. The molecule has 0 radical (unpaired) electrons. The summed E-state index contributed by atoms with van der Waals surface area (Å²) in [7, 11) is 8.21. The van der Waals surface area contributed by atoms with Gasteiger partial charge in [-0.25, -0.2) is 0 Å². The quantitative estimate of drug-likeness (QED) is 0.141. The maximum absolute atomic E-state index is 9.49. The van der Waals surface area contributed by atoms with Crippen LogP contribution in [0.2, 0.25) is 8.87 Å². The summed E-state index contributed by atoms with van der Waals surface area (Å²) in [5, 5.41) is 38.0. The molecule has 4 nitrogen and oxygen atoms in total. The van der Waals surface area contributed by atoms with Crippen LogP contribution in [0.4, 0.5) is 0 Å². The Morgan fingerprint density at radius 1 is 0.556 bits per heavy atom. The zero-order valence-corrected chi connectivity index (χ0v) is 26.5. The van der Waals surface area contributed by atoms with Crippen LogP contribution < -0.4 is 0 Å². The van der Waals surface area contributed by atoms with E-state index in [4.69, 9.17) is 0 Å². The molecule has 0 saturated heterocycles. The third-order valence-electron chi connectivity index (χ3n) is 3.64. The summed E-state index contributed by atoms with van der Waals surface area (Å²) in [5.41, 5.74) is 0. The molecular formula is C16H38O4S5Sn2. The van der Waals surface area contributed by atoms with E-state index in [0.29, 0.717) is 0 Å². The fraction of sp³-hybridized carbons (Fsp3) is 1.00. The molecule has 0 unspecified atom stereocenters. The van der Waals surface area contributed by atoms with Gasteiger partial charge in [0.2, 0.25) is 0 Å². The number of aliphatic hydroxyl groups excluding tert-OH is 4. The fourth-order valence-electron chi connectivity index (χ4n) is 2.42. The van der Waals surface area contributed by atoms with E-state index in [1.807, 2.05) is 0 Å². The average molecular weight is 692 g/mol. The van der Waals surface area contributed by atoms with E-state index in [-0.39, 0.29) is 26.4 Å². The van der Waals surface area contributed by atoms with Crippen molar-refractivity contribution in [3.8, 4) is 0 Å². The fourth-order valence-corrected chi connectivity index (χ4v) is 250. The molecule has 0 aliphatic rings. The predicted octanol–water partition coefficient (Wildman–Crippen LogP) is 4.10. The van der Waals surface area contributed by atoms with E-state index in [2.05, 4.69) is 55.8 Å². The van der Waals surface area contributed by atoms with E-state index in [0.717, 1.165) is 23.0 Å². The first-order valence-electron chi connectivity index (χ1n) is 9.77. The topological polar surface area (TPSA) is 80.9 Å². The van der Waals surface area contributed by atoms with Crippen LogP contribution in [0.1, 0.15) is 39.5 Å². The van der Waals surface area contributed by atoms with Gasteiger partial charge in [-0.1, -0.05) is 0 Å². The molecule has 4 N–H and O–H groups in total. The van der Waals surface area contributed by atoms with E-state index in [9.17, 15) is 20.4 Å². The maximum atomic E-state index is 9.49. The standard InChI is InChI=1S/2C4H9.4C2H6OS.S.2Sn/c2*1-3-4-2;4*3-1-2-4;;;/h2*1,3-4H2,2H3;4*3-4H,1-2H2;;;/q;;;;;;;2*+2/p-4. The van der Waals surface area contributed by atoms with Crippen molar-refractivity contribution < 1.29 is 20.4 Å². The van der Waals surface area contributed by atoms with Crippen LogP contribution in [0.5, 0.6) is 0 Å². The van der Waals surface area contributed by atoms with Gasteiger partial charge in [-0.15, -0.1) is 0 Å². The van der Waals surface area contributed by atoms with Gasteiger partial charge in [-0.05, 0) is 0 Å². The van der Waals surface area contributed by atoms with Crippen molar-refractivity contribution in [3.63, 3.8) is 0 Å². The van der Waals surface area contributed by atoms with E-state index < -0.39 is 28.5 Å². The van der Waals surface area contributed by atoms with Crippen molar-refractivity contribution in [3.05, 3.63) is 0 Å². The van der Waals surface area contributed by atoms with Crippen molar-refractivity contribution in [1.29, 1.82) is 0 Å². The molecule has 0 aromatic heterocycles. The average Bonchev–Trinajstić information content (AvgIpc) is 2.70. The first-order chi connectivity index (χ1) is 13.1. The summed E-state index contributed by atoms with van der Waals surface area (Å²) in [5.74, 6) is 3.21. The van der Waals surface area contributed by atoms with Crippen LogP contribution >= 0.6 is 41.9 Å². The summed E-state index contributed by atoms with van der Waals surface area (Å²) >= 11 is -5.47. The summed E-state index contributed by atoms with van der Waals surface area (Å²) in [4.78, 5) is 0. The molecule has 0 rings (SSSR count). The monoisotopic (exact) mass is 694 g/mol. The van der Waals surface area contributed by atoms with Gasteiger partial charge in [0.15, 0.2) is 0 Å². The molecule has 0 fully saturated rings. The number of hydrogen-bond acceptors (Lipinski definition) is 9. The van der Waals surface area contributed by atoms with Gasteiger partial charge < -0.3 is 0 Å². The molecule has 0 aliphatic carbocycles. The molecule has 0 aromatic rings. The molecule has 164 valence electrons. The summed E-state index contributed by atoms with van der Waals surface area (Å²) in [6.07, 6.45) is 7.17. The molecule has 0 bridgehead atoms. The van der Waals surface area contributed by atoms with Crippen molar-refractivity contribution in [2.75, 3.05) is 49.4 Å². The second-order valence-electron chi connectivity index (χ2n) is 5.96. The molecule has 0 amide bonds. The zero-order valence-electron chi connectivity index (χ0n) is 16.7.